The van der Waals surface area contributed by atoms with E-state index in [0.29, 0.717) is 0 Å². The predicted octanol–water partition coefficient (Wildman–Crippen LogP) is 4.62. The van der Waals surface area contributed by atoms with Crippen molar-refractivity contribution in [3.8, 4) is 5.75 Å². The van der Waals surface area contributed by atoms with Crippen LogP contribution in [0.3, 0.4) is 0 Å². The molecule has 122 valence electrons. The summed E-state index contributed by atoms with van der Waals surface area (Å²) in [6.07, 6.45) is 0. The van der Waals surface area contributed by atoms with Crippen LogP contribution in [0.4, 0.5) is 5.69 Å². The molecule has 0 heterocycles. The maximum atomic E-state index is 12.0. The minimum absolute atomic E-state index is 0.00527. The van der Waals surface area contributed by atoms with E-state index in [0.717, 1.165) is 22.6 Å². The van der Waals surface area contributed by atoms with Gasteiger partial charge in [0.25, 0.3) is 5.91 Å². The molecule has 0 unspecified atom stereocenters. The smallest absolute Gasteiger partial charge is 0.262 e. The summed E-state index contributed by atoms with van der Waals surface area (Å²) < 4.78 is 5.62. The molecule has 0 aliphatic rings. The largest absolute Gasteiger partial charge is 0.483 e. The zero-order valence-corrected chi connectivity index (χ0v) is 14.6. The minimum Gasteiger partial charge on any atom is -0.483 e. The van der Waals surface area contributed by atoms with Crippen molar-refractivity contribution in [3.63, 3.8) is 0 Å². The third-order valence-electron chi connectivity index (χ3n) is 3.95. The Balaban J connectivity index is 1.93. The van der Waals surface area contributed by atoms with E-state index in [9.17, 15) is 4.79 Å². The molecule has 2 rings (SSSR count). The molecule has 3 nitrogen and oxygen atoms in total. The topological polar surface area (TPSA) is 38.3 Å². The van der Waals surface area contributed by atoms with Gasteiger partial charge in [-0.2, -0.15) is 0 Å². The first-order chi connectivity index (χ1) is 10.8. The van der Waals surface area contributed by atoms with Crippen LogP contribution in [-0.2, 0) is 10.2 Å². The molecule has 0 aliphatic carbocycles. The van der Waals surface area contributed by atoms with E-state index < -0.39 is 0 Å². The molecule has 0 spiro atoms. The van der Waals surface area contributed by atoms with Gasteiger partial charge >= 0.3 is 0 Å². The lowest BCUT2D eigenvalue weighted by Gasteiger charge is -2.19. The molecule has 0 saturated carbocycles. The second-order valence-electron chi connectivity index (χ2n) is 6.86. The number of anilines is 1. The fourth-order valence-electron chi connectivity index (χ4n) is 2.27. The third-order valence-corrected chi connectivity index (χ3v) is 3.95. The number of benzene rings is 2. The number of carbonyl (C=O) groups excluding carboxylic acids is 1. The van der Waals surface area contributed by atoms with Gasteiger partial charge in [-0.15, -0.1) is 0 Å². The Bertz CT molecular complexity index is 682. The maximum Gasteiger partial charge on any atom is 0.262 e. The molecule has 0 aliphatic heterocycles. The number of hydrogen-bond donors (Lipinski definition) is 1. The zero-order chi connectivity index (χ0) is 17.0. The van der Waals surface area contributed by atoms with Crippen LogP contribution in [0.1, 0.15) is 37.5 Å². The summed E-state index contributed by atoms with van der Waals surface area (Å²) in [5.41, 5.74) is 4.35. The van der Waals surface area contributed by atoms with Crippen LogP contribution in [-0.4, -0.2) is 12.5 Å². The molecule has 0 aromatic heterocycles. The Labute approximate surface area is 138 Å². The quantitative estimate of drug-likeness (QED) is 0.895. The average Bonchev–Trinajstić information content (AvgIpc) is 2.48. The summed E-state index contributed by atoms with van der Waals surface area (Å²) in [6, 6.07) is 13.8. The molecule has 0 atom stereocenters. The van der Waals surface area contributed by atoms with Gasteiger partial charge in [-0.05, 0) is 54.2 Å². The van der Waals surface area contributed by atoms with E-state index >= 15 is 0 Å². The van der Waals surface area contributed by atoms with E-state index in [2.05, 4.69) is 26.1 Å². The van der Waals surface area contributed by atoms with Gasteiger partial charge < -0.3 is 10.1 Å². The molecule has 0 saturated heterocycles. The molecule has 23 heavy (non-hydrogen) atoms. The lowest BCUT2D eigenvalue weighted by Crippen LogP contribution is -2.20. The highest BCUT2D eigenvalue weighted by molar-refractivity contribution is 5.91. The highest BCUT2D eigenvalue weighted by Crippen LogP contribution is 2.23. The van der Waals surface area contributed by atoms with Crippen LogP contribution < -0.4 is 10.1 Å². The number of ether oxygens (including phenoxy) is 1. The number of nitrogens with one attached hydrogen (secondary N) is 1. The summed E-state index contributed by atoms with van der Waals surface area (Å²) in [4.78, 5) is 12.0. The first kappa shape index (κ1) is 17.1. The van der Waals surface area contributed by atoms with Gasteiger partial charge in [0.2, 0.25) is 0 Å². The number of hydrogen-bond acceptors (Lipinski definition) is 2. The van der Waals surface area contributed by atoms with Crippen LogP contribution in [0.2, 0.25) is 0 Å². The number of aryl methyl sites for hydroxylation is 1. The molecule has 0 fully saturated rings. The van der Waals surface area contributed by atoms with Crippen LogP contribution in [0, 0.1) is 13.8 Å². The standard InChI is InChI=1S/C20H25NO2/c1-14-7-6-8-18(15(14)2)23-13-19(22)21-17-11-9-16(10-12-17)20(3,4)5/h6-12H,13H2,1-5H3,(H,21,22). The van der Waals surface area contributed by atoms with Crippen LogP contribution >= 0.6 is 0 Å². The summed E-state index contributed by atoms with van der Waals surface area (Å²) in [6.45, 7) is 10.5. The highest BCUT2D eigenvalue weighted by Gasteiger charge is 2.13. The Kier molecular flexibility index (Phi) is 5.09. The van der Waals surface area contributed by atoms with E-state index in [-0.39, 0.29) is 17.9 Å². The zero-order valence-electron chi connectivity index (χ0n) is 14.6. The molecule has 1 amide bonds. The van der Waals surface area contributed by atoms with Gasteiger partial charge in [0, 0.05) is 5.69 Å². The van der Waals surface area contributed by atoms with Crippen LogP contribution in [0.25, 0.3) is 0 Å². The Morgan fingerprint density at radius 3 is 2.30 bits per heavy atom. The van der Waals surface area contributed by atoms with Crippen LogP contribution in [0.15, 0.2) is 42.5 Å². The Morgan fingerprint density at radius 2 is 1.70 bits per heavy atom. The summed E-state index contributed by atoms with van der Waals surface area (Å²) in [5.74, 6) is 0.595. The second kappa shape index (κ2) is 6.86. The summed E-state index contributed by atoms with van der Waals surface area (Å²) in [5, 5.41) is 2.86. The van der Waals surface area contributed by atoms with Gasteiger partial charge in [0.15, 0.2) is 6.61 Å². The molecular formula is C20H25NO2. The van der Waals surface area contributed by atoms with Gasteiger partial charge in [0.05, 0.1) is 0 Å². The first-order valence-electron chi connectivity index (χ1n) is 7.87. The molecule has 3 heteroatoms. The van der Waals surface area contributed by atoms with Crippen LogP contribution in [0.5, 0.6) is 5.75 Å². The monoisotopic (exact) mass is 311 g/mol. The maximum absolute atomic E-state index is 12.0. The SMILES string of the molecule is Cc1cccc(OCC(=O)Nc2ccc(C(C)(C)C)cc2)c1C. The van der Waals surface area contributed by atoms with E-state index in [4.69, 9.17) is 4.74 Å². The molecular weight excluding hydrogens is 286 g/mol. The molecule has 0 radical (unpaired) electrons. The van der Waals surface area contributed by atoms with E-state index in [1.165, 1.54) is 5.56 Å². The van der Waals surface area contributed by atoms with Crippen molar-refractivity contribution in [1.29, 1.82) is 0 Å². The van der Waals surface area contributed by atoms with Crippen molar-refractivity contribution in [3.05, 3.63) is 59.2 Å². The fourth-order valence-corrected chi connectivity index (χ4v) is 2.27. The first-order valence-corrected chi connectivity index (χ1v) is 7.87. The van der Waals surface area contributed by atoms with Gasteiger partial charge in [-0.1, -0.05) is 45.0 Å². The highest BCUT2D eigenvalue weighted by atomic mass is 16.5. The van der Waals surface area contributed by atoms with E-state index in [1.54, 1.807) is 0 Å². The lowest BCUT2D eigenvalue weighted by atomic mass is 9.87. The van der Waals surface area contributed by atoms with Crippen molar-refractivity contribution in [1.82, 2.24) is 0 Å². The lowest BCUT2D eigenvalue weighted by molar-refractivity contribution is -0.118. The minimum atomic E-state index is -0.158. The summed E-state index contributed by atoms with van der Waals surface area (Å²) in [7, 11) is 0. The summed E-state index contributed by atoms with van der Waals surface area (Å²) >= 11 is 0. The molecule has 0 bridgehead atoms. The second-order valence-corrected chi connectivity index (χ2v) is 6.86. The Morgan fingerprint density at radius 1 is 1.04 bits per heavy atom. The van der Waals surface area contributed by atoms with Crippen molar-refractivity contribution in [2.45, 2.75) is 40.0 Å². The van der Waals surface area contributed by atoms with Crippen molar-refractivity contribution < 1.29 is 9.53 Å². The van der Waals surface area contributed by atoms with Gasteiger partial charge in [-0.3, -0.25) is 4.79 Å². The molecule has 2 aromatic rings. The molecule has 2 aromatic carbocycles. The number of amides is 1. The average molecular weight is 311 g/mol. The third kappa shape index (κ3) is 4.59. The van der Waals surface area contributed by atoms with Crippen molar-refractivity contribution >= 4 is 11.6 Å². The van der Waals surface area contributed by atoms with Gasteiger partial charge in [0.1, 0.15) is 5.75 Å². The predicted molar refractivity (Wildman–Crippen MR) is 95.2 cm³/mol. The normalized spacial score (nSPS) is 11.2. The Hall–Kier alpha value is -2.29. The molecule has 1 N–H and O–H groups in total. The fraction of sp³-hybridized carbons (Fsp3) is 0.350. The number of carbonyl (C=O) groups is 1. The van der Waals surface area contributed by atoms with Crippen molar-refractivity contribution in [2.75, 3.05) is 11.9 Å². The van der Waals surface area contributed by atoms with Gasteiger partial charge in [-0.25, -0.2) is 0 Å². The van der Waals surface area contributed by atoms with Crippen molar-refractivity contribution in [2.24, 2.45) is 0 Å². The van der Waals surface area contributed by atoms with E-state index in [1.807, 2.05) is 56.3 Å². The number of rotatable bonds is 4.